The quantitative estimate of drug-likeness (QED) is 0.845. The lowest BCUT2D eigenvalue weighted by Gasteiger charge is -2.21. The van der Waals surface area contributed by atoms with E-state index in [1.165, 1.54) is 11.1 Å². The van der Waals surface area contributed by atoms with Gasteiger partial charge in [0.05, 0.1) is 0 Å². The van der Waals surface area contributed by atoms with Gasteiger partial charge in [-0.1, -0.05) is 24.3 Å². The van der Waals surface area contributed by atoms with Crippen molar-refractivity contribution in [2.75, 3.05) is 6.54 Å². The van der Waals surface area contributed by atoms with E-state index >= 15 is 0 Å². The van der Waals surface area contributed by atoms with E-state index in [0.717, 1.165) is 25.9 Å². The molecule has 1 fully saturated rings. The molecule has 0 spiro atoms. The number of hydrogen-bond donors (Lipinski definition) is 1. The van der Waals surface area contributed by atoms with Crippen molar-refractivity contribution < 1.29 is 9.90 Å². The SMILES string of the molecule is Cc1ccccc1CN1CCCC1C(=O)O. The van der Waals surface area contributed by atoms with Crippen molar-refractivity contribution >= 4 is 5.97 Å². The Labute approximate surface area is 95.7 Å². The van der Waals surface area contributed by atoms with Crippen molar-refractivity contribution in [1.29, 1.82) is 0 Å². The summed E-state index contributed by atoms with van der Waals surface area (Å²) < 4.78 is 0. The van der Waals surface area contributed by atoms with Crippen LogP contribution in [0.3, 0.4) is 0 Å². The maximum atomic E-state index is 11.0. The molecule has 0 saturated carbocycles. The Kier molecular flexibility index (Phi) is 3.25. The molecule has 0 aromatic heterocycles. The second-order valence-electron chi connectivity index (χ2n) is 4.39. The first-order valence-corrected chi connectivity index (χ1v) is 5.70. The number of carboxylic acids is 1. The number of hydrogen-bond acceptors (Lipinski definition) is 2. The molecule has 1 atom stereocenters. The van der Waals surface area contributed by atoms with E-state index in [1.807, 2.05) is 12.1 Å². The summed E-state index contributed by atoms with van der Waals surface area (Å²) in [7, 11) is 0. The third-order valence-electron chi connectivity index (χ3n) is 3.28. The van der Waals surface area contributed by atoms with Gasteiger partial charge >= 0.3 is 5.97 Å². The summed E-state index contributed by atoms with van der Waals surface area (Å²) in [5.41, 5.74) is 2.47. The monoisotopic (exact) mass is 219 g/mol. The van der Waals surface area contributed by atoms with Crippen molar-refractivity contribution in [3.63, 3.8) is 0 Å². The van der Waals surface area contributed by atoms with E-state index in [9.17, 15) is 4.79 Å². The van der Waals surface area contributed by atoms with E-state index < -0.39 is 5.97 Å². The highest BCUT2D eigenvalue weighted by molar-refractivity contribution is 5.73. The zero-order valence-electron chi connectivity index (χ0n) is 9.52. The first-order valence-electron chi connectivity index (χ1n) is 5.70. The molecular weight excluding hydrogens is 202 g/mol. The van der Waals surface area contributed by atoms with Gasteiger partial charge in [0.1, 0.15) is 6.04 Å². The van der Waals surface area contributed by atoms with E-state index in [-0.39, 0.29) is 6.04 Å². The molecule has 0 bridgehead atoms. The van der Waals surface area contributed by atoms with E-state index in [0.29, 0.717) is 0 Å². The summed E-state index contributed by atoms with van der Waals surface area (Å²) in [4.78, 5) is 13.1. The molecule has 1 aromatic carbocycles. The molecule has 1 saturated heterocycles. The summed E-state index contributed by atoms with van der Waals surface area (Å²) in [6.45, 7) is 3.72. The molecule has 1 aliphatic heterocycles. The molecule has 1 N–H and O–H groups in total. The third-order valence-corrected chi connectivity index (χ3v) is 3.28. The van der Waals surface area contributed by atoms with Crippen LogP contribution < -0.4 is 0 Å². The van der Waals surface area contributed by atoms with Gasteiger partial charge in [-0.25, -0.2) is 0 Å². The number of aryl methyl sites for hydroxylation is 1. The Morgan fingerprint density at radius 3 is 2.94 bits per heavy atom. The minimum absolute atomic E-state index is 0.292. The molecule has 86 valence electrons. The highest BCUT2D eigenvalue weighted by atomic mass is 16.4. The van der Waals surface area contributed by atoms with Gasteiger partial charge in [-0.05, 0) is 37.4 Å². The van der Waals surface area contributed by atoms with Crippen LogP contribution in [0.4, 0.5) is 0 Å². The zero-order chi connectivity index (χ0) is 11.5. The van der Waals surface area contributed by atoms with Crippen LogP contribution in [-0.2, 0) is 11.3 Å². The van der Waals surface area contributed by atoms with Gasteiger partial charge in [0, 0.05) is 6.54 Å². The Hall–Kier alpha value is -1.35. The fourth-order valence-corrected chi connectivity index (χ4v) is 2.30. The number of benzene rings is 1. The van der Waals surface area contributed by atoms with Gasteiger partial charge in [-0.3, -0.25) is 9.69 Å². The largest absolute Gasteiger partial charge is 0.480 e. The molecule has 0 radical (unpaired) electrons. The highest BCUT2D eigenvalue weighted by Gasteiger charge is 2.30. The van der Waals surface area contributed by atoms with Crippen LogP contribution in [0.2, 0.25) is 0 Å². The van der Waals surface area contributed by atoms with Crippen LogP contribution in [-0.4, -0.2) is 28.6 Å². The Morgan fingerprint density at radius 1 is 1.50 bits per heavy atom. The van der Waals surface area contributed by atoms with Gasteiger partial charge in [0.15, 0.2) is 0 Å². The van der Waals surface area contributed by atoms with Gasteiger partial charge in [-0.2, -0.15) is 0 Å². The molecular formula is C13H17NO2. The van der Waals surface area contributed by atoms with Crippen molar-refractivity contribution in [3.05, 3.63) is 35.4 Å². The number of carboxylic acid groups (broad SMARTS) is 1. The highest BCUT2D eigenvalue weighted by Crippen LogP contribution is 2.21. The van der Waals surface area contributed by atoms with Crippen molar-refractivity contribution in [1.82, 2.24) is 4.90 Å². The predicted molar refractivity (Wildman–Crippen MR) is 62.2 cm³/mol. The van der Waals surface area contributed by atoms with Crippen LogP contribution in [0.25, 0.3) is 0 Å². The summed E-state index contributed by atoms with van der Waals surface area (Å²) in [6, 6.07) is 7.87. The lowest BCUT2D eigenvalue weighted by atomic mass is 10.1. The number of carbonyl (C=O) groups is 1. The van der Waals surface area contributed by atoms with Crippen LogP contribution in [0, 0.1) is 6.92 Å². The standard InChI is InChI=1S/C13H17NO2/c1-10-5-2-3-6-11(10)9-14-8-4-7-12(14)13(15)16/h2-3,5-6,12H,4,7-9H2,1H3,(H,15,16). The van der Waals surface area contributed by atoms with Crippen molar-refractivity contribution in [2.45, 2.75) is 32.4 Å². The normalized spacial score (nSPS) is 21.2. The van der Waals surface area contributed by atoms with Gasteiger partial charge in [-0.15, -0.1) is 0 Å². The average Bonchev–Trinajstić information content (AvgIpc) is 2.69. The minimum atomic E-state index is -0.689. The molecule has 1 unspecified atom stereocenters. The van der Waals surface area contributed by atoms with Gasteiger partial charge < -0.3 is 5.11 Å². The Morgan fingerprint density at radius 2 is 2.25 bits per heavy atom. The first-order chi connectivity index (χ1) is 7.68. The molecule has 1 aromatic rings. The summed E-state index contributed by atoms with van der Waals surface area (Å²) in [5.74, 6) is -0.689. The van der Waals surface area contributed by atoms with Crippen molar-refractivity contribution in [2.24, 2.45) is 0 Å². The lowest BCUT2D eigenvalue weighted by Crippen LogP contribution is -2.35. The van der Waals surface area contributed by atoms with Gasteiger partial charge in [0.2, 0.25) is 0 Å². The van der Waals surface area contributed by atoms with Crippen molar-refractivity contribution in [3.8, 4) is 0 Å². The number of nitrogens with zero attached hydrogens (tertiary/aromatic N) is 1. The molecule has 0 aliphatic carbocycles. The number of rotatable bonds is 3. The van der Waals surface area contributed by atoms with E-state index in [4.69, 9.17) is 5.11 Å². The molecule has 3 heteroatoms. The fourth-order valence-electron chi connectivity index (χ4n) is 2.30. The lowest BCUT2D eigenvalue weighted by molar-refractivity contribution is -0.142. The molecule has 1 aliphatic rings. The number of aliphatic carboxylic acids is 1. The smallest absolute Gasteiger partial charge is 0.320 e. The zero-order valence-corrected chi connectivity index (χ0v) is 9.52. The molecule has 1 heterocycles. The maximum absolute atomic E-state index is 11.0. The maximum Gasteiger partial charge on any atom is 0.320 e. The third kappa shape index (κ3) is 2.25. The summed E-state index contributed by atoms with van der Waals surface area (Å²) >= 11 is 0. The molecule has 0 amide bonds. The number of likely N-dealkylation sites (tertiary alicyclic amines) is 1. The molecule has 2 rings (SSSR count). The van der Waals surface area contributed by atoms with Crippen LogP contribution in [0.15, 0.2) is 24.3 Å². The molecule has 3 nitrogen and oxygen atoms in total. The second kappa shape index (κ2) is 4.66. The molecule has 16 heavy (non-hydrogen) atoms. The second-order valence-corrected chi connectivity index (χ2v) is 4.39. The first kappa shape index (κ1) is 11.1. The Bertz CT molecular complexity index is 389. The van der Waals surface area contributed by atoms with Crippen LogP contribution in [0.1, 0.15) is 24.0 Å². The fraction of sp³-hybridized carbons (Fsp3) is 0.462. The Balaban J connectivity index is 2.10. The average molecular weight is 219 g/mol. The summed E-state index contributed by atoms with van der Waals surface area (Å²) in [5, 5.41) is 9.09. The van der Waals surface area contributed by atoms with Crippen LogP contribution >= 0.6 is 0 Å². The van der Waals surface area contributed by atoms with Crippen LogP contribution in [0.5, 0.6) is 0 Å². The summed E-state index contributed by atoms with van der Waals surface area (Å²) in [6.07, 6.45) is 1.77. The minimum Gasteiger partial charge on any atom is -0.480 e. The predicted octanol–water partition coefficient (Wildman–Crippen LogP) is 2.04. The topological polar surface area (TPSA) is 40.5 Å². The van der Waals surface area contributed by atoms with E-state index in [1.54, 1.807) is 0 Å². The van der Waals surface area contributed by atoms with E-state index in [2.05, 4.69) is 24.0 Å². The van der Waals surface area contributed by atoms with Gasteiger partial charge in [0.25, 0.3) is 0 Å².